The highest BCUT2D eigenvalue weighted by atomic mass is 32.3. The molecule has 0 heterocycles. The van der Waals surface area contributed by atoms with Crippen LogP contribution in [0.1, 0.15) is 47.1 Å². The zero-order valence-electron chi connectivity index (χ0n) is 26.6. The lowest BCUT2D eigenvalue weighted by Gasteiger charge is -2.35. The highest BCUT2D eigenvalue weighted by Crippen LogP contribution is 2.69. The quantitative estimate of drug-likeness (QED) is 0.138. The van der Waals surface area contributed by atoms with E-state index in [1.54, 1.807) is 24.3 Å². The predicted octanol–water partition coefficient (Wildman–Crippen LogP) is 9.09. The van der Waals surface area contributed by atoms with E-state index >= 15 is 0 Å². The van der Waals surface area contributed by atoms with Crippen molar-refractivity contribution in [1.82, 2.24) is 0 Å². The Morgan fingerprint density at radius 3 is 1.26 bits per heavy atom. The monoisotopic (exact) mass is 622 g/mol. The van der Waals surface area contributed by atoms with Crippen molar-refractivity contribution in [2.24, 2.45) is 0 Å². The molecule has 0 fully saturated rings. The molecule has 0 spiro atoms. The maximum Gasteiger partial charge on any atom is 0.422 e. The van der Waals surface area contributed by atoms with E-state index in [-0.39, 0.29) is 16.1 Å². The third kappa shape index (κ3) is 7.93. The van der Waals surface area contributed by atoms with Gasteiger partial charge in [0.2, 0.25) is 0 Å². The van der Waals surface area contributed by atoms with Gasteiger partial charge in [0.05, 0.1) is 25.0 Å². The zero-order valence-corrected chi connectivity index (χ0v) is 28.2. The minimum absolute atomic E-state index is 0.153. The lowest BCUT2D eigenvalue weighted by Crippen LogP contribution is -2.23. The molecule has 0 unspecified atom stereocenters. The van der Waals surface area contributed by atoms with Crippen LogP contribution in [-0.2, 0) is 10.1 Å². The Balaban J connectivity index is 1.98. The van der Waals surface area contributed by atoms with Gasteiger partial charge >= 0.3 is 10.1 Å². The molecule has 0 aliphatic carbocycles. The zero-order chi connectivity index (χ0) is 31.6. The van der Waals surface area contributed by atoms with Crippen molar-refractivity contribution < 1.29 is 21.5 Å². The van der Waals surface area contributed by atoms with Crippen molar-refractivity contribution in [3.63, 3.8) is 0 Å². The van der Waals surface area contributed by atoms with Crippen LogP contribution >= 0.6 is 10.3 Å². The Labute approximate surface area is 259 Å². The molecule has 0 atom stereocenters. The van der Waals surface area contributed by atoms with Gasteiger partial charge in [-0.25, -0.2) is 0 Å². The van der Waals surface area contributed by atoms with Crippen LogP contribution < -0.4 is 14.4 Å². The molecule has 0 aromatic heterocycles. The molecule has 0 aliphatic heterocycles. The summed E-state index contributed by atoms with van der Waals surface area (Å²) in [6.45, 7) is 13.9. The Morgan fingerprint density at radius 2 is 0.907 bits per heavy atom. The number of aryl methyl sites for hydroxylation is 1. The number of hydrogen-bond donors (Lipinski definition) is 0. The van der Waals surface area contributed by atoms with E-state index in [0.717, 1.165) is 25.9 Å². The molecular formula is C35H44NO5S2+. The first-order valence-electron chi connectivity index (χ1n) is 14.2. The van der Waals surface area contributed by atoms with E-state index in [2.05, 4.69) is 0 Å². The number of hydrogen-bond acceptors (Lipinski definition) is 5. The van der Waals surface area contributed by atoms with Gasteiger partial charge in [-0.1, -0.05) is 17.7 Å². The molecule has 230 valence electrons. The first-order valence-corrected chi connectivity index (χ1v) is 17.3. The molecule has 4 aromatic rings. The summed E-state index contributed by atoms with van der Waals surface area (Å²) in [6.07, 6.45) is 0. The van der Waals surface area contributed by atoms with E-state index in [9.17, 15) is 8.42 Å². The Hall–Kier alpha value is -3.46. The van der Waals surface area contributed by atoms with Crippen molar-refractivity contribution in [2.45, 2.75) is 79.3 Å². The van der Waals surface area contributed by atoms with Crippen molar-refractivity contribution in [2.75, 3.05) is 19.0 Å². The highest BCUT2D eigenvalue weighted by molar-refractivity contribution is 8.32. The molecule has 0 radical (unpaired) electrons. The van der Waals surface area contributed by atoms with Gasteiger partial charge in [-0.05, 0) is 133 Å². The number of benzene rings is 4. The fourth-order valence-electron chi connectivity index (χ4n) is 4.50. The van der Waals surface area contributed by atoms with Crippen LogP contribution in [0.4, 0.5) is 5.69 Å². The molecule has 8 heteroatoms. The molecule has 4 aromatic carbocycles. The van der Waals surface area contributed by atoms with Gasteiger partial charge < -0.3 is 14.4 Å². The standard InChI is InChI=1S/C35H43NO5S2/c1-26-10-18-33(19-11-26)43(37,38)41-42(30-20-12-27(13-21-30)36(8)9,31-22-14-28(15-23-31)39-34(2,3)4)32-24-16-29(17-25-32)40-35(5,6)7/h10-25H,1-9H3/p+1. The molecule has 0 saturated carbocycles. The summed E-state index contributed by atoms with van der Waals surface area (Å²) in [4.78, 5) is 4.50. The lowest BCUT2D eigenvalue weighted by atomic mass is 10.2. The smallest absolute Gasteiger partial charge is 0.422 e. The summed E-state index contributed by atoms with van der Waals surface area (Å²) >= 11 is 0. The molecule has 43 heavy (non-hydrogen) atoms. The van der Waals surface area contributed by atoms with Gasteiger partial charge in [0.25, 0.3) is 0 Å². The number of ether oxygens (including phenoxy) is 2. The average molecular weight is 623 g/mol. The fourth-order valence-corrected chi connectivity index (χ4v) is 9.94. The van der Waals surface area contributed by atoms with Crippen LogP contribution in [0.25, 0.3) is 0 Å². The molecule has 1 N–H and O–H groups in total. The van der Waals surface area contributed by atoms with Crippen molar-refractivity contribution in [3.8, 4) is 11.5 Å². The van der Waals surface area contributed by atoms with Gasteiger partial charge in [-0.3, -0.25) is 3.63 Å². The summed E-state index contributed by atoms with van der Waals surface area (Å²) in [5.74, 6) is 1.39. The number of anilines is 1. The molecule has 0 aliphatic rings. The maximum absolute atomic E-state index is 14.2. The van der Waals surface area contributed by atoms with Gasteiger partial charge in [0.1, 0.15) is 27.6 Å². The molecule has 4 rings (SSSR count). The molecule has 0 amide bonds. The van der Waals surface area contributed by atoms with Gasteiger partial charge in [-0.2, -0.15) is 0 Å². The molecule has 0 saturated heterocycles. The van der Waals surface area contributed by atoms with Crippen LogP contribution in [0, 0.1) is 6.92 Å². The Kier molecular flexibility index (Phi) is 9.26. The minimum Gasteiger partial charge on any atom is -0.488 e. The third-order valence-electron chi connectivity index (χ3n) is 6.40. The average Bonchev–Trinajstić information content (AvgIpc) is 2.91. The predicted molar refractivity (Wildman–Crippen MR) is 178 cm³/mol. The van der Waals surface area contributed by atoms with E-state index in [1.165, 1.54) is 0 Å². The van der Waals surface area contributed by atoms with E-state index in [0.29, 0.717) is 11.5 Å². The summed E-state index contributed by atoms with van der Waals surface area (Å²) in [7, 11) is -2.85. The van der Waals surface area contributed by atoms with Crippen LogP contribution in [0.5, 0.6) is 11.5 Å². The Morgan fingerprint density at radius 1 is 0.558 bits per heavy atom. The second-order valence-corrected chi connectivity index (χ2v) is 17.3. The molecular weight excluding hydrogens is 579 g/mol. The number of rotatable bonds is 9. The van der Waals surface area contributed by atoms with E-state index in [4.69, 9.17) is 13.1 Å². The van der Waals surface area contributed by atoms with Crippen molar-refractivity contribution >= 4 is 26.1 Å². The fraction of sp³-hybridized carbons (Fsp3) is 0.314. The summed E-state index contributed by atoms with van der Waals surface area (Å²) < 4.78 is 45.4. The molecule has 0 bridgehead atoms. The second kappa shape index (κ2) is 12.3. The lowest BCUT2D eigenvalue weighted by molar-refractivity contribution is 0.130. The van der Waals surface area contributed by atoms with Crippen LogP contribution in [0.15, 0.2) is 117 Å². The minimum atomic E-state index is -4.09. The summed E-state index contributed by atoms with van der Waals surface area (Å²) in [5, 5.41) is 0. The highest BCUT2D eigenvalue weighted by Gasteiger charge is 2.44. The first-order chi connectivity index (χ1) is 20.0. The topological polar surface area (TPSA) is 68.6 Å². The maximum atomic E-state index is 14.2. The summed E-state index contributed by atoms with van der Waals surface area (Å²) in [5.41, 5.74) is 1.22. The van der Waals surface area contributed by atoms with Gasteiger partial charge in [-0.15, -0.1) is 8.42 Å². The SMILES string of the molecule is Cc1ccc(S(=O)(=O)[OH+]S(c2ccc(OC(C)(C)C)cc2)(c2ccc(OC(C)(C)C)cc2)c2ccc(N(C)C)cc2)cc1. The molecule has 6 nitrogen and oxygen atoms in total. The normalized spacial score (nSPS) is 13.0. The third-order valence-corrected chi connectivity index (χ3v) is 11.8. The van der Waals surface area contributed by atoms with Crippen molar-refractivity contribution in [1.29, 1.82) is 0 Å². The van der Waals surface area contributed by atoms with Gasteiger partial charge in [0.15, 0.2) is 0 Å². The van der Waals surface area contributed by atoms with E-state index < -0.39 is 20.4 Å². The summed E-state index contributed by atoms with van der Waals surface area (Å²) in [6, 6.07) is 30.1. The van der Waals surface area contributed by atoms with Crippen molar-refractivity contribution in [3.05, 3.63) is 103 Å². The van der Waals surface area contributed by atoms with E-state index in [1.807, 2.05) is 140 Å². The van der Waals surface area contributed by atoms with Crippen LogP contribution in [0.3, 0.4) is 0 Å². The number of nitrogens with zero attached hydrogens (tertiary/aromatic N) is 1. The van der Waals surface area contributed by atoms with Gasteiger partial charge in [0, 0.05) is 19.8 Å². The first kappa shape index (κ1) is 32.5. The van der Waals surface area contributed by atoms with Crippen LogP contribution in [0.2, 0.25) is 0 Å². The Bertz CT molecular complexity index is 1560. The van der Waals surface area contributed by atoms with Crippen LogP contribution in [-0.4, -0.2) is 37.3 Å². The largest absolute Gasteiger partial charge is 0.488 e. The second-order valence-electron chi connectivity index (χ2n) is 12.7.